The lowest BCUT2D eigenvalue weighted by molar-refractivity contribution is -0.116. The van der Waals surface area contributed by atoms with Crippen molar-refractivity contribution in [3.8, 4) is 0 Å². The van der Waals surface area contributed by atoms with Crippen LogP contribution in [0.3, 0.4) is 0 Å². The van der Waals surface area contributed by atoms with Gasteiger partial charge in [-0.2, -0.15) is 0 Å². The number of amides is 1. The molecule has 1 fully saturated rings. The van der Waals surface area contributed by atoms with E-state index in [2.05, 4.69) is 15.6 Å². The first-order chi connectivity index (χ1) is 11.2. The lowest BCUT2D eigenvalue weighted by atomic mass is 10.0. The number of carbonyl (C=O) groups excluding carboxylic acids is 1. The van der Waals surface area contributed by atoms with E-state index in [0.717, 1.165) is 35.2 Å². The number of nitrogens with one attached hydrogen (secondary N) is 2. The summed E-state index contributed by atoms with van der Waals surface area (Å²) in [5.41, 5.74) is 0.851. The smallest absolute Gasteiger partial charge is 0.224 e. The zero-order valence-corrected chi connectivity index (χ0v) is 15.3. The number of hydrogen-bond acceptors (Lipinski definition) is 4. The second-order valence-electron chi connectivity index (χ2n) is 5.89. The van der Waals surface area contributed by atoms with Crippen LogP contribution in [0.25, 0.3) is 0 Å². The average Bonchev–Trinajstić information content (AvgIpc) is 3.20. The van der Waals surface area contributed by atoms with E-state index in [9.17, 15) is 4.79 Å². The molecule has 5 nitrogen and oxygen atoms in total. The van der Waals surface area contributed by atoms with Gasteiger partial charge < -0.3 is 15.2 Å². The minimum absolute atomic E-state index is 0. The summed E-state index contributed by atoms with van der Waals surface area (Å²) < 4.78 is 1.98. The van der Waals surface area contributed by atoms with Crippen LogP contribution in [0.4, 0.5) is 5.69 Å². The largest absolute Gasteiger partial charge is 0.329 e. The van der Waals surface area contributed by atoms with Crippen LogP contribution in [0, 0.1) is 5.92 Å². The summed E-state index contributed by atoms with van der Waals surface area (Å²) in [4.78, 5) is 17.4. The summed E-state index contributed by atoms with van der Waals surface area (Å²) in [6, 6.07) is 7.91. The van der Waals surface area contributed by atoms with Gasteiger partial charge in [0.2, 0.25) is 5.91 Å². The topological polar surface area (TPSA) is 59.0 Å². The highest BCUT2D eigenvalue weighted by molar-refractivity contribution is 7.99. The van der Waals surface area contributed by atoms with E-state index >= 15 is 0 Å². The van der Waals surface area contributed by atoms with Crippen LogP contribution in [0.1, 0.15) is 19.3 Å². The summed E-state index contributed by atoms with van der Waals surface area (Å²) in [7, 11) is 1.98. The van der Waals surface area contributed by atoms with Gasteiger partial charge in [-0.15, -0.1) is 12.4 Å². The highest BCUT2D eigenvalue weighted by Gasteiger charge is 2.15. The number of halogens is 1. The van der Waals surface area contributed by atoms with Crippen molar-refractivity contribution in [3.63, 3.8) is 0 Å². The number of nitrogens with zero attached hydrogens (tertiary/aromatic N) is 2. The van der Waals surface area contributed by atoms with E-state index in [0.29, 0.717) is 12.3 Å². The highest BCUT2D eigenvalue weighted by Crippen LogP contribution is 2.26. The van der Waals surface area contributed by atoms with Crippen LogP contribution < -0.4 is 10.6 Å². The fourth-order valence-corrected chi connectivity index (χ4v) is 3.48. The second kappa shape index (κ2) is 9.11. The molecule has 2 heterocycles. The quantitative estimate of drug-likeness (QED) is 0.823. The standard InChI is InChI=1S/C17H22N4OS.ClH/c1-21-11-10-19-17(21)23-15-5-3-14(4-6-15)20-16(22)7-2-13-8-9-18-12-13;/h3-6,10-11,13,18H,2,7-9,12H2,1H3,(H,20,22);1H. The van der Waals surface area contributed by atoms with Crippen molar-refractivity contribution in [3.05, 3.63) is 36.7 Å². The van der Waals surface area contributed by atoms with E-state index in [-0.39, 0.29) is 18.3 Å². The van der Waals surface area contributed by atoms with Crippen LogP contribution in [0.2, 0.25) is 0 Å². The van der Waals surface area contributed by atoms with Gasteiger partial charge in [0, 0.05) is 36.4 Å². The summed E-state index contributed by atoms with van der Waals surface area (Å²) >= 11 is 1.61. The third kappa shape index (κ3) is 5.26. The van der Waals surface area contributed by atoms with Crippen molar-refractivity contribution in [2.24, 2.45) is 13.0 Å². The van der Waals surface area contributed by atoms with Crippen molar-refractivity contribution in [1.82, 2.24) is 14.9 Å². The van der Waals surface area contributed by atoms with Crippen molar-refractivity contribution < 1.29 is 4.79 Å². The second-order valence-corrected chi connectivity index (χ2v) is 6.93. The molecule has 24 heavy (non-hydrogen) atoms. The summed E-state index contributed by atoms with van der Waals surface area (Å²) in [5.74, 6) is 0.749. The lowest BCUT2D eigenvalue weighted by Crippen LogP contribution is -2.14. The maximum absolute atomic E-state index is 12.0. The molecule has 0 spiro atoms. The first kappa shape index (κ1) is 18.8. The van der Waals surface area contributed by atoms with Crippen molar-refractivity contribution in [2.75, 3.05) is 18.4 Å². The fourth-order valence-electron chi connectivity index (χ4n) is 2.68. The molecule has 2 N–H and O–H groups in total. The first-order valence-electron chi connectivity index (χ1n) is 7.96. The normalized spacial score (nSPS) is 16.6. The van der Waals surface area contributed by atoms with Gasteiger partial charge in [-0.25, -0.2) is 4.98 Å². The Hall–Kier alpha value is -1.50. The maximum atomic E-state index is 12.0. The molecule has 2 aromatic rings. The zero-order chi connectivity index (χ0) is 16.1. The van der Waals surface area contributed by atoms with E-state index in [4.69, 9.17) is 0 Å². The predicted molar refractivity (Wildman–Crippen MR) is 99.9 cm³/mol. The molecular formula is C17H23ClN4OS. The van der Waals surface area contributed by atoms with Crippen molar-refractivity contribution in [2.45, 2.75) is 29.3 Å². The monoisotopic (exact) mass is 366 g/mol. The Bertz CT molecular complexity index is 653. The predicted octanol–water partition coefficient (Wildman–Crippen LogP) is 3.32. The van der Waals surface area contributed by atoms with Gasteiger partial charge in [-0.3, -0.25) is 4.79 Å². The van der Waals surface area contributed by atoms with Crippen LogP contribution in [0.15, 0.2) is 46.7 Å². The lowest BCUT2D eigenvalue weighted by Gasteiger charge is -2.09. The Kier molecular flexibility index (Phi) is 7.15. The molecule has 7 heteroatoms. The van der Waals surface area contributed by atoms with E-state index in [1.807, 2.05) is 42.1 Å². The first-order valence-corrected chi connectivity index (χ1v) is 8.78. The summed E-state index contributed by atoms with van der Waals surface area (Å²) in [6.07, 6.45) is 6.46. The molecule has 1 aromatic carbocycles. The minimum atomic E-state index is 0. The number of aryl methyl sites for hydroxylation is 1. The highest BCUT2D eigenvalue weighted by atomic mass is 35.5. The third-order valence-corrected chi connectivity index (χ3v) is 5.15. The van der Waals surface area contributed by atoms with Crippen LogP contribution in [-0.4, -0.2) is 28.5 Å². The molecule has 1 amide bonds. The van der Waals surface area contributed by atoms with Gasteiger partial charge in [0.05, 0.1) is 0 Å². The molecule has 1 aliphatic heterocycles. The Labute approximate surface area is 153 Å². The Balaban J connectivity index is 0.00000208. The molecule has 130 valence electrons. The Morgan fingerprint density at radius 3 is 2.83 bits per heavy atom. The van der Waals surface area contributed by atoms with E-state index in [1.165, 1.54) is 6.42 Å². The average molecular weight is 367 g/mol. The molecule has 1 aromatic heterocycles. The number of aromatic nitrogens is 2. The Morgan fingerprint density at radius 2 is 2.21 bits per heavy atom. The molecule has 0 aliphatic carbocycles. The summed E-state index contributed by atoms with van der Waals surface area (Å²) in [5, 5.41) is 7.26. The molecule has 1 atom stereocenters. The number of anilines is 1. The van der Waals surface area contributed by atoms with E-state index < -0.39 is 0 Å². The molecule has 3 rings (SSSR count). The molecule has 0 saturated carbocycles. The number of benzene rings is 1. The zero-order valence-electron chi connectivity index (χ0n) is 13.7. The fraction of sp³-hybridized carbons (Fsp3) is 0.412. The molecule has 1 aliphatic rings. The Morgan fingerprint density at radius 1 is 1.42 bits per heavy atom. The summed E-state index contributed by atoms with van der Waals surface area (Å²) in [6.45, 7) is 2.13. The maximum Gasteiger partial charge on any atom is 0.224 e. The van der Waals surface area contributed by atoms with Crippen molar-refractivity contribution >= 4 is 35.8 Å². The van der Waals surface area contributed by atoms with Gasteiger partial charge in [0.1, 0.15) is 0 Å². The van der Waals surface area contributed by atoms with Crippen LogP contribution >= 0.6 is 24.2 Å². The van der Waals surface area contributed by atoms with Crippen LogP contribution in [0.5, 0.6) is 0 Å². The SMILES string of the molecule is Cl.Cn1ccnc1Sc1ccc(NC(=O)CCC2CCNC2)cc1. The molecule has 0 radical (unpaired) electrons. The van der Waals surface area contributed by atoms with Crippen molar-refractivity contribution in [1.29, 1.82) is 0 Å². The number of hydrogen-bond donors (Lipinski definition) is 2. The van der Waals surface area contributed by atoms with Gasteiger partial charge in [0.25, 0.3) is 0 Å². The number of rotatable bonds is 6. The van der Waals surface area contributed by atoms with Gasteiger partial charge in [-0.05, 0) is 56.1 Å². The molecule has 0 bridgehead atoms. The molecular weight excluding hydrogens is 344 g/mol. The number of imidazole rings is 1. The van der Waals surface area contributed by atoms with E-state index in [1.54, 1.807) is 18.0 Å². The number of carbonyl (C=O) groups is 1. The van der Waals surface area contributed by atoms with Gasteiger partial charge in [0.15, 0.2) is 5.16 Å². The minimum Gasteiger partial charge on any atom is -0.329 e. The molecule has 1 unspecified atom stereocenters. The molecule has 1 saturated heterocycles. The van der Waals surface area contributed by atoms with Gasteiger partial charge >= 0.3 is 0 Å². The van der Waals surface area contributed by atoms with Crippen LogP contribution in [-0.2, 0) is 11.8 Å². The third-order valence-electron chi connectivity index (χ3n) is 4.07. The van der Waals surface area contributed by atoms with Gasteiger partial charge in [-0.1, -0.05) is 11.8 Å².